The Morgan fingerprint density at radius 3 is 2.50 bits per heavy atom. The zero-order valence-corrected chi connectivity index (χ0v) is 12.4. The molecule has 2 aromatic carbocycles. The predicted octanol–water partition coefficient (Wildman–Crippen LogP) is 5.06. The molecule has 0 fully saturated rings. The van der Waals surface area contributed by atoms with E-state index >= 15 is 0 Å². The molecule has 0 bridgehead atoms. The van der Waals surface area contributed by atoms with Crippen LogP contribution in [-0.2, 0) is 4.84 Å². The van der Waals surface area contributed by atoms with Crippen LogP contribution in [0.3, 0.4) is 0 Å². The van der Waals surface area contributed by atoms with Crippen molar-refractivity contribution in [2.45, 2.75) is 0 Å². The highest BCUT2D eigenvalue weighted by Crippen LogP contribution is 2.22. The molecule has 0 heterocycles. The molecule has 0 saturated heterocycles. The van der Waals surface area contributed by atoms with E-state index in [2.05, 4.69) is 5.16 Å². The molecule has 0 N–H and O–H groups in total. The van der Waals surface area contributed by atoms with E-state index in [1.807, 2.05) is 48.6 Å². The van der Waals surface area contributed by atoms with Crippen molar-refractivity contribution in [3.63, 3.8) is 0 Å². The number of rotatable bonds is 4. The lowest BCUT2D eigenvalue weighted by Gasteiger charge is -2.02. The number of halogens is 2. The number of benzene rings is 2. The minimum atomic E-state index is 0.596. The number of hydrogen-bond acceptors (Lipinski definition) is 2. The quantitative estimate of drug-likeness (QED) is 0.571. The molecular weight excluding hydrogens is 293 g/mol. The van der Waals surface area contributed by atoms with Crippen LogP contribution in [0.2, 0.25) is 10.0 Å². The van der Waals surface area contributed by atoms with Crippen LogP contribution in [0.4, 0.5) is 0 Å². The first-order chi connectivity index (χ1) is 9.70. The lowest BCUT2D eigenvalue weighted by molar-refractivity contribution is 0.214. The van der Waals surface area contributed by atoms with Crippen molar-refractivity contribution in [2.75, 3.05) is 7.11 Å². The topological polar surface area (TPSA) is 21.6 Å². The summed E-state index contributed by atoms with van der Waals surface area (Å²) in [6, 6.07) is 15.1. The van der Waals surface area contributed by atoms with Crippen molar-refractivity contribution in [1.29, 1.82) is 0 Å². The molecule has 4 heteroatoms. The van der Waals surface area contributed by atoms with Gasteiger partial charge in [-0.15, -0.1) is 0 Å². The fraction of sp³-hybridized carbons (Fsp3) is 0.0625. The van der Waals surface area contributed by atoms with Gasteiger partial charge in [0, 0.05) is 15.6 Å². The van der Waals surface area contributed by atoms with Crippen LogP contribution in [0.5, 0.6) is 0 Å². The number of allylic oxidation sites excluding steroid dienone is 1. The average Bonchev–Trinajstić information content (AvgIpc) is 2.46. The Kier molecular flexibility index (Phi) is 5.22. The van der Waals surface area contributed by atoms with Crippen LogP contribution in [0.25, 0.3) is 6.08 Å². The van der Waals surface area contributed by atoms with E-state index in [0.29, 0.717) is 10.0 Å². The summed E-state index contributed by atoms with van der Waals surface area (Å²) in [7, 11) is 1.52. The van der Waals surface area contributed by atoms with Crippen molar-refractivity contribution in [3.8, 4) is 0 Å². The van der Waals surface area contributed by atoms with Crippen molar-refractivity contribution >= 4 is 35.0 Å². The maximum atomic E-state index is 6.13. The SMILES string of the molecule is CO/N=C(\C=C\c1ccc(Cl)cc1Cl)c1ccccc1. The van der Waals surface area contributed by atoms with Crippen molar-refractivity contribution in [2.24, 2.45) is 5.16 Å². The highest BCUT2D eigenvalue weighted by Gasteiger charge is 2.01. The third-order valence-electron chi connectivity index (χ3n) is 2.64. The Morgan fingerprint density at radius 2 is 1.85 bits per heavy atom. The second kappa shape index (κ2) is 7.13. The van der Waals surface area contributed by atoms with Gasteiger partial charge in [-0.2, -0.15) is 0 Å². The minimum Gasteiger partial charge on any atom is -0.399 e. The molecule has 0 aliphatic heterocycles. The van der Waals surface area contributed by atoms with Crippen LogP contribution in [0, 0.1) is 0 Å². The molecule has 102 valence electrons. The lowest BCUT2D eigenvalue weighted by atomic mass is 10.1. The van der Waals surface area contributed by atoms with Gasteiger partial charge >= 0.3 is 0 Å². The zero-order valence-electron chi connectivity index (χ0n) is 10.9. The molecule has 0 atom stereocenters. The van der Waals surface area contributed by atoms with E-state index in [0.717, 1.165) is 16.8 Å². The standard InChI is InChI=1S/C16H13Cl2NO/c1-20-19-16(13-5-3-2-4-6-13)10-8-12-7-9-14(17)11-15(12)18/h2-11H,1H3/b10-8+,19-16+. The molecule has 0 radical (unpaired) electrons. The van der Waals surface area contributed by atoms with E-state index in [1.165, 1.54) is 7.11 Å². The summed E-state index contributed by atoms with van der Waals surface area (Å²) in [5.74, 6) is 0. The first kappa shape index (κ1) is 14.6. The van der Waals surface area contributed by atoms with Crippen molar-refractivity contribution < 1.29 is 4.84 Å². The molecule has 20 heavy (non-hydrogen) atoms. The predicted molar refractivity (Wildman–Crippen MR) is 85.5 cm³/mol. The summed E-state index contributed by atoms with van der Waals surface area (Å²) in [5, 5.41) is 5.23. The zero-order chi connectivity index (χ0) is 14.4. The summed E-state index contributed by atoms with van der Waals surface area (Å²) in [4.78, 5) is 4.88. The monoisotopic (exact) mass is 305 g/mol. The normalized spacial score (nSPS) is 11.8. The van der Waals surface area contributed by atoms with Gasteiger partial charge in [0.15, 0.2) is 0 Å². The fourth-order valence-corrected chi connectivity index (χ4v) is 2.16. The van der Waals surface area contributed by atoms with Gasteiger partial charge in [-0.05, 0) is 23.8 Å². The Bertz CT molecular complexity index is 636. The average molecular weight is 306 g/mol. The molecule has 0 aromatic heterocycles. The van der Waals surface area contributed by atoms with Gasteiger partial charge in [-0.1, -0.05) is 70.8 Å². The maximum absolute atomic E-state index is 6.13. The Morgan fingerprint density at radius 1 is 1.10 bits per heavy atom. The largest absolute Gasteiger partial charge is 0.399 e. The Balaban J connectivity index is 2.29. The summed E-state index contributed by atoms with van der Waals surface area (Å²) in [6.07, 6.45) is 3.73. The van der Waals surface area contributed by atoms with Crippen LogP contribution >= 0.6 is 23.2 Å². The third-order valence-corrected chi connectivity index (χ3v) is 3.20. The molecular formula is C16H13Cl2NO. The highest BCUT2D eigenvalue weighted by atomic mass is 35.5. The molecule has 0 saturated carbocycles. The van der Waals surface area contributed by atoms with Gasteiger partial charge in [0.25, 0.3) is 0 Å². The molecule has 0 aliphatic carbocycles. The van der Waals surface area contributed by atoms with Gasteiger partial charge in [-0.3, -0.25) is 0 Å². The molecule has 0 aliphatic rings. The summed E-state index contributed by atoms with van der Waals surface area (Å²) in [6.45, 7) is 0. The van der Waals surface area contributed by atoms with Crippen molar-refractivity contribution in [3.05, 3.63) is 75.8 Å². The molecule has 0 unspecified atom stereocenters. The smallest absolute Gasteiger partial charge is 0.110 e. The Labute approximate surface area is 128 Å². The fourth-order valence-electron chi connectivity index (χ4n) is 1.69. The first-order valence-electron chi connectivity index (χ1n) is 6.00. The molecule has 0 spiro atoms. The summed E-state index contributed by atoms with van der Waals surface area (Å²) >= 11 is 12.0. The van der Waals surface area contributed by atoms with Gasteiger partial charge < -0.3 is 4.84 Å². The summed E-state index contributed by atoms with van der Waals surface area (Å²) < 4.78 is 0. The van der Waals surface area contributed by atoms with Crippen molar-refractivity contribution in [1.82, 2.24) is 0 Å². The van der Waals surface area contributed by atoms with E-state index in [4.69, 9.17) is 28.0 Å². The van der Waals surface area contributed by atoms with Crippen LogP contribution < -0.4 is 0 Å². The molecule has 2 nitrogen and oxygen atoms in total. The second-order valence-electron chi connectivity index (χ2n) is 4.02. The highest BCUT2D eigenvalue weighted by molar-refractivity contribution is 6.35. The number of hydrogen-bond donors (Lipinski definition) is 0. The van der Waals surface area contributed by atoms with E-state index in [9.17, 15) is 0 Å². The number of nitrogens with zero attached hydrogens (tertiary/aromatic N) is 1. The van der Waals surface area contributed by atoms with Gasteiger partial charge in [0.05, 0.1) is 0 Å². The van der Waals surface area contributed by atoms with E-state index in [-0.39, 0.29) is 0 Å². The maximum Gasteiger partial charge on any atom is 0.110 e. The molecule has 0 amide bonds. The number of oxime groups is 1. The third kappa shape index (κ3) is 3.86. The van der Waals surface area contributed by atoms with E-state index in [1.54, 1.807) is 12.1 Å². The molecule has 2 rings (SSSR count). The first-order valence-corrected chi connectivity index (χ1v) is 6.76. The van der Waals surface area contributed by atoms with Gasteiger partial charge in [0.1, 0.15) is 12.8 Å². The Hall–Kier alpha value is -1.77. The van der Waals surface area contributed by atoms with Crippen LogP contribution in [0.1, 0.15) is 11.1 Å². The van der Waals surface area contributed by atoms with Crippen LogP contribution in [0.15, 0.2) is 59.8 Å². The van der Waals surface area contributed by atoms with Crippen LogP contribution in [-0.4, -0.2) is 12.8 Å². The summed E-state index contributed by atoms with van der Waals surface area (Å²) in [5.41, 5.74) is 2.56. The van der Waals surface area contributed by atoms with Gasteiger partial charge in [-0.25, -0.2) is 0 Å². The van der Waals surface area contributed by atoms with Gasteiger partial charge in [0.2, 0.25) is 0 Å². The second-order valence-corrected chi connectivity index (χ2v) is 4.87. The molecule has 2 aromatic rings. The lowest BCUT2D eigenvalue weighted by Crippen LogP contribution is -1.97. The minimum absolute atomic E-state index is 0.596. The van der Waals surface area contributed by atoms with E-state index < -0.39 is 0 Å².